The number of carbonyl (C=O) groups excluding carboxylic acids is 1. The molecule has 2 aromatic carbocycles. The fraction of sp³-hybridized carbons (Fsp3) is 0.222. The van der Waals surface area contributed by atoms with Gasteiger partial charge >= 0.3 is 12.1 Å². The third kappa shape index (κ3) is 4.57. The Morgan fingerprint density at radius 2 is 1.54 bits per heavy atom. The molecule has 0 bridgehead atoms. The number of nitrogens with zero attached hydrogens (tertiary/aromatic N) is 1. The predicted molar refractivity (Wildman–Crippen MR) is 91.4 cm³/mol. The van der Waals surface area contributed by atoms with E-state index in [0.717, 1.165) is 5.56 Å². The van der Waals surface area contributed by atoms with Crippen LogP contribution in [0.1, 0.15) is 23.6 Å². The fourth-order valence-corrected chi connectivity index (χ4v) is 2.73. The van der Waals surface area contributed by atoms with Gasteiger partial charge in [0.25, 0.3) is 0 Å². The highest BCUT2D eigenvalue weighted by Crippen LogP contribution is 2.26. The van der Waals surface area contributed by atoms with Crippen molar-refractivity contribution in [3.8, 4) is 0 Å². The number of carbonyl (C=O) groups is 2. The maximum absolute atomic E-state index is 11.6. The molecule has 0 saturated heterocycles. The Hall–Kier alpha value is -2.86. The van der Waals surface area contributed by atoms with E-state index in [4.69, 9.17) is 11.5 Å². The lowest BCUT2D eigenvalue weighted by Crippen LogP contribution is -2.44. The number of benzene rings is 2. The lowest BCUT2D eigenvalue weighted by Gasteiger charge is -2.29. The minimum Gasteiger partial charge on any atom is -0.465 e. The van der Waals surface area contributed by atoms with Crippen LogP contribution in [0.15, 0.2) is 60.7 Å². The van der Waals surface area contributed by atoms with Crippen molar-refractivity contribution in [2.45, 2.75) is 24.9 Å². The van der Waals surface area contributed by atoms with Gasteiger partial charge in [0.1, 0.15) is 0 Å². The van der Waals surface area contributed by atoms with E-state index in [0.29, 0.717) is 16.9 Å². The van der Waals surface area contributed by atoms with Crippen molar-refractivity contribution in [3.05, 3.63) is 71.8 Å². The van der Waals surface area contributed by atoms with E-state index in [1.165, 1.54) is 0 Å². The number of carboxylic acid groups (broad SMARTS) is 1. The van der Waals surface area contributed by atoms with Gasteiger partial charge in [0.15, 0.2) is 0 Å². The molecule has 3 amide bonds. The van der Waals surface area contributed by atoms with E-state index < -0.39 is 18.2 Å². The molecule has 0 radical (unpaired) electrons. The van der Waals surface area contributed by atoms with Gasteiger partial charge in [-0.1, -0.05) is 60.7 Å². The predicted octanol–water partition coefficient (Wildman–Crippen LogP) is 2.75. The number of nitrogens with two attached hydrogens (primary N) is 2. The van der Waals surface area contributed by atoms with Crippen molar-refractivity contribution < 1.29 is 14.7 Å². The molecule has 24 heavy (non-hydrogen) atoms. The minimum absolute atomic E-state index is 0.286. The first-order valence-corrected chi connectivity index (χ1v) is 7.65. The quantitative estimate of drug-likeness (QED) is 0.757. The normalized spacial score (nSPS) is 13.0. The Bertz CT molecular complexity index is 662. The van der Waals surface area contributed by atoms with E-state index >= 15 is 0 Å². The topological polar surface area (TPSA) is 110 Å². The zero-order valence-corrected chi connectivity index (χ0v) is 13.2. The van der Waals surface area contributed by atoms with Crippen LogP contribution in [0, 0.1) is 0 Å². The Kier molecular flexibility index (Phi) is 5.92. The van der Waals surface area contributed by atoms with Crippen molar-refractivity contribution in [2.75, 3.05) is 0 Å². The maximum atomic E-state index is 11.6. The molecule has 6 nitrogen and oxygen atoms in total. The monoisotopic (exact) mass is 327 g/mol. The van der Waals surface area contributed by atoms with Gasteiger partial charge in [-0.25, -0.2) is 14.5 Å². The Morgan fingerprint density at radius 3 is 2.04 bits per heavy atom. The molecule has 2 rings (SSSR count). The van der Waals surface area contributed by atoms with Crippen LogP contribution in [-0.2, 0) is 6.42 Å². The van der Waals surface area contributed by atoms with Crippen LogP contribution in [0.25, 0.3) is 0 Å². The summed E-state index contributed by atoms with van der Waals surface area (Å²) in [6.45, 7) is 0. The van der Waals surface area contributed by atoms with Gasteiger partial charge in [-0.15, -0.1) is 0 Å². The molecule has 2 aromatic rings. The number of primary amides is 1. The van der Waals surface area contributed by atoms with Crippen molar-refractivity contribution in [3.63, 3.8) is 0 Å². The van der Waals surface area contributed by atoms with Crippen LogP contribution in [0.3, 0.4) is 0 Å². The summed E-state index contributed by atoms with van der Waals surface area (Å²) in [5.41, 5.74) is 13.2. The molecule has 0 spiro atoms. The van der Waals surface area contributed by atoms with Gasteiger partial charge in [0, 0.05) is 6.04 Å². The van der Waals surface area contributed by atoms with Crippen LogP contribution in [0.4, 0.5) is 9.59 Å². The highest BCUT2D eigenvalue weighted by Gasteiger charge is 2.30. The van der Waals surface area contributed by atoms with Gasteiger partial charge < -0.3 is 16.6 Å². The lowest BCUT2D eigenvalue weighted by atomic mass is 9.95. The van der Waals surface area contributed by atoms with Crippen molar-refractivity contribution in [1.82, 2.24) is 4.90 Å². The summed E-state index contributed by atoms with van der Waals surface area (Å²) < 4.78 is 0. The third-order valence-electron chi connectivity index (χ3n) is 3.81. The van der Waals surface area contributed by atoms with Crippen molar-refractivity contribution in [1.29, 1.82) is 0 Å². The van der Waals surface area contributed by atoms with E-state index in [-0.39, 0.29) is 12.5 Å². The average molecular weight is 327 g/mol. The van der Waals surface area contributed by atoms with E-state index in [2.05, 4.69) is 0 Å². The second-order valence-corrected chi connectivity index (χ2v) is 5.60. The first-order valence-electron chi connectivity index (χ1n) is 7.65. The highest BCUT2D eigenvalue weighted by atomic mass is 16.4. The molecule has 2 atom stereocenters. The molecular weight excluding hydrogens is 306 g/mol. The third-order valence-corrected chi connectivity index (χ3v) is 3.81. The summed E-state index contributed by atoms with van der Waals surface area (Å²) in [5, 5.41) is 9.36. The molecule has 5 N–H and O–H groups in total. The molecule has 0 aliphatic heterocycles. The number of imide groups is 1. The smallest absolute Gasteiger partial charge is 0.416 e. The summed E-state index contributed by atoms with van der Waals surface area (Å²) >= 11 is 0. The lowest BCUT2D eigenvalue weighted by molar-refractivity contribution is 0.131. The molecule has 0 aliphatic carbocycles. The zero-order valence-electron chi connectivity index (χ0n) is 13.2. The molecule has 0 fully saturated rings. The van der Waals surface area contributed by atoms with E-state index in [9.17, 15) is 14.7 Å². The molecule has 0 heterocycles. The number of hydrogen-bond donors (Lipinski definition) is 3. The summed E-state index contributed by atoms with van der Waals surface area (Å²) in [7, 11) is 0. The van der Waals surface area contributed by atoms with Gasteiger partial charge in [-0.3, -0.25) is 0 Å². The van der Waals surface area contributed by atoms with E-state index in [1.54, 1.807) is 24.3 Å². The van der Waals surface area contributed by atoms with E-state index in [1.807, 2.05) is 36.4 Å². The SMILES string of the molecule is NC(=O)N(C(=O)O)C(C[C@H](N)Cc1ccccc1)c1ccccc1. The van der Waals surface area contributed by atoms with Gasteiger partial charge in [-0.05, 0) is 24.0 Å². The Balaban J connectivity index is 2.22. The molecular formula is C18H21N3O3. The first-order chi connectivity index (χ1) is 11.5. The highest BCUT2D eigenvalue weighted by molar-refractivity contribution is 5.89. The maximum Gasteiger partial charge on any atom is 0.416 e. The number of rotatable bonds is 6. The van der Waals surface area contributed by atoms with Crippen LogP contribution in [0.2, 0.25) is 0 Å². The fourth-order valence-electron chi connectivity index (χ4n) is 2.73. The van der Waals surface area contributed by atoms with Gasteiger partial charge in [0.2, 0.25) is 0 Å². The number of urea groups is 1. The number of hydrogen-bond acceptors (Lipinski definition) is 3. The van der Waals surface area contributed by atoms with Crippen LogP contribution in [0.5, 0.6) is 0 Å². The Labute approximate surface area is 140 Å². The second kappa shape index (κ2) is 8.12. The largest absolute Gasteiger partial charge is 0.465 e. The molecule has 0 aromatic heterocycles. The number of amides is 3. The molecule has 126 valence electrons. The molecule has 6 heteroatoms. The van der Waals surface area contributed by atoms with Crippen LogP contribution >= 0.6 is 0 Å². The van der Waals surface area contributed by atoms with Crippen molar-refractivity contribution in [2.24, 2.45) is 11.5 Å². The van der Waals surface area contributed by atoms with Crippen molar-refractivity contribution >= 4 is 12.1 Å². The second-order valence-electron chi connectivity index (χ2n) is 5.60. The first kappa shape index (κ1) is 17.5. The summed E-state index contributed by atoms with van der Waals surface area (Å²) in [5.74, 6) is 0. The average Bonchev–Trinajstić information content (AvgIpc) is 2.55. The summed E-state index contributed by atoms with van der Waals surface area (Å²) in [6, 6.07) is 16.5. The van der Waals surface area contributed by atoms with Crippen LogP contribution < -0.4 is 11.5 Å². The van der Waals surface area contributed by atoms with Gasteiger partial charge in [-0.2, -0.15) is 0 Å². The zero-order chi connectivity index (χ0) is 17.5. The molecule has 0 saturated carbocycles. The molecule has 0 aliphatic rings. The van der Waals surface area contributed by atoms with Gasteiger partial charge in [0.05, 0.1) is 6.04 Å². The Morgan fingerprint density at radius 1 is 1.00 bits per heavy atom. The summed E-state index contributed by atoms with van der Waals surface area (Å²) in [6.07, 6.45) is -0.520. The standard InChI is InChI=1S/C18H21N3O3/c19-15(11-13-7-3-1-4-8-13)12-16(14-9-5-2-6-10-14)21(17(20)22)18(23)24/h1-10,15-16H,11-12,19H2,(H2,20,22)(H,23,24)/t15-,16?/m1/s1. The van der Waals surface area contributed by atoms with Crippen LogP contribution in [-0.4, -0.2) is 28.2 Å². The molecule has 1 unspecified atom stereocenters. The minimum atomic E-state index is -1.39. The summed E-state index contributed by atoms with van der Waals surface area (Å²) in [4.78, 5) is 23.7.